The highest BCUT2D eigenvalue weighted by Gasteiger charge is 2.37. The van der Waals surface area contributed by atoms with Gasteiger partial charge in [0, 0.05) is 36.7 Å². The summed E-state index contributed by atoms with van der Waals surface area (Å²) in [5.41, 5.74) is 3.23. The van der Waals surface area contributed by atoms with Crippen molar-refractivity contribution in [2.45, 2.75) is 45.6 Å². The van der Waals surface area contributed by atoms with E-state index in [1.165, 1.54) is 0 Å². The molecular formula is C27H28Cl2N2O4. The molecule has 2 aliphatic heterocycles. The van der Waals surface area contributed by atoms with E-state index in [9.17, 15) is 14.4 Å². The van der Waals surface area contributed by atoms with Crippen molar-refractivity contribution < 1.29 is 19.1 Å². The predicted molar refractivity (Wildman–Crippen MR) is 135 cm³/mol. The van der Waals surface area contributed by atoms with Crippen molar-refractivity contribution in [3.63, 3.8) is 0 Å². The smallest absolute Gasteiger partial charge is 0.336 e. The molecule has 184 valence electrons. The Hall–Kier alpha value is -2.83. The normalized spacial score (nSPS) is 18.3. The molecule has 1 fully saturated rings. The van der Waals surface area contributed by atoms with Gasteiger partial charge in [-0.15, -0.1) is 0 Å². The highest BCUT2D eigenvalue weighted by Crippen LogP contribution is 2.39. The largest absolute Gasteiger partial charge is 0.463 e. The van der Waals surface area contributed by atoms with Gasteiger partial charge in [-0.1, -0.05) is 41.4 Å². The molecule has 8 heteroatoms. The quantitative estimate of drug-likeness (QED) is 0.471. The molecule has 2 amide bonds. The first-order chi connectivity index (χ1) is 16.8. The summed E-state index contributed by atoms with van der Waals surface area (Å²) in [6.45, 7) is 5.62. The fraction of sp³-hybridized carbons (Fsp3) is 0.370. The fourth-order valence-corrected chi connectivity index (χ4v) is 5.04. The summed E-state index contributed by atoms with van der Waals surface area (Å²) in [4.78, 5) is 42.3. The van der Waals surface area contributed by atoms with Crippen LogP contribution in [-0.4, -0.2) is 47.3 Å². The lowest BCUT2D eigenvalue weighted by Gasteiger charge is -2.34. The summed E-state index contributed by atoms with van der Waals surface area (Å²) in [6.07, 6.45) is 2.19. The summed E-state index contributed by atoms with van der Waals surface area (Å²) in [6, 6.07) is 12.5. The maximum absolute atomic E-state index is 13.2. The molecule has 0 unspecified atom stereocenters. The zero-order valence-corrected chi connectivity index (χ0v) is 21.4. The Morgan fingerprint density at radius 2 is 1.71 bits per heavy atom. The van der Waals surface area contributed by atoms with Gasteiger partial charge in [-0.25, -0.2) is 4.79 Å². The molecule has 1 atom stereocenters. The number of nitrogens with zero attached hydrogens (tertiary/aromatic N) is 2. The number of likely N-dealkylation sites (tertiary alicyclic amines) is 1. The van der Waals surface area contributed by atoms with Crippen molar-refractivity contribution in [1.82, 2.24) is 9.80 Å². The van der Waals surface area contributed by atoms with E-state index in [1.54, 1.807) is 49.1 Å². The molecular weight excluding hydrogens is 487 g/mol. The van der Waals surface area contributed by atoms with E-state index in [4.69, 9.17) is 27.9 Å². The zero-order chi connectivity index (χ0) is 25.1. The van der Waals surface area contributed by atoms with Crippen LogP contribution in [0.3, 0.4) is 0 Å². The van der Waals surface area contributed by atoms with Gasteiger partial charge in [0.15, 0.2) is 0 Å². The lowest BCUT2D eigenvalue weighted by molar-refractivity contribution is -0.140. The number of hydrogen-bond donors (Lipinski definition) is 0. The van der Waals surface area contributed by atoms with Gasteiger partial charge in [0.1, 0.15) is 0 Å². The minimum absolute atomic E-state index is 0.0354. The molecule has 1 saturated heterocycles. The number of halogens is 2. The summed E-state index contributed by atoms with van der Waals surface area (Å²) < 4.78 is 5.35. The lowest BCUT2D eigenvalue weighted by Crippen LogP contribution is -2.38. The average Bonchev–Trinajstić information content (AvgIpc) is 3.38. The Morgan fingerprint density at radius 1 is 1.03 bits per heavy atom. The maximum Gasteiger partial charge on any atom is 0.336 e. The van der Waals surface area contributed by atoms with E-state index in [0.717, 1.165) is 37.1 Å². The molecule has 2 aromatic rings. The van der Waals surface area contributed by atoms with Gasteiger partial charge in [-0.2, -0.15) is 0 Å². The van der Waals surface area contributed by atoms with Crippen LogP contribution in [0.25, 0.3) is 0 Å². The molecule has 0 bridgehead atoms. The van der Waals surface area contributed by atoms with Crippen LogP contribution in [0, 0.1) is 0 Å². The molecule has 2 heterocycles. The monoisotopic (exact) mass is 514 g/mol. The third-order valence-corrected chi connectivity index (χ3v) is 7.34. The molecule has 0 aliphatic carbocycles. The standard InChI is InChI=1S/C27H28Cl2N2O4/c1-3-35-27(34)25-17(2)31(24(32)15-21(25)20-10-11-22(28)23(29)14-20)16-18-6-8-19(9-7-18)26(33)30-12-4-5-13-30/h6-11,14,21H,3-5,12-13,15-16H2,1-2H3/t21-/m1/s1. The molecule has 4 rings (SSSR count). The summed E-state index contributed by atoms with van der Waals surface area (Å²) in [5.74, 6) is -1.00. The molecule has 0 radical (unpaired) electrons. The van der Waals surface area contributed by atoms with Crippen LogP contribution in [0.4, 0.5) is 0 Å². The minimum Gasteiger partial charge on any atom is -0.463 e. The molecule has 0 saturated carbocycles. The first-order valence-electron chi connectivity index (χ1n) is 11.8. The number of rotatable bonds is 6. The third-order valence-electron chi connectivity index (χ3n) is 6.60. The second-order valence-corrected chi connectivity index (χ2v) is 9.64. The molecule has 0 aromatic heterocycles. The Balaban J connectivity index is 1.61. The van der Waals surface area contributed by atoms with Gasteiger partial charge in [0.05, 0.1) is 28.8 Å². The number of ether oxygens (including phenoxy) is 1. The number of allylic oxidation sites excluding steroid dienone is 1. The highest BCUT2D eigenvalue weighted by molar-refractivity contribution is 6.42. The lowest BCUT2D eigenvalue weighted by atomic mass is 9.83. The van der Waals surface area contributed by atoms with Crippen molar-refractivity contribution in [3.8, 4) is 0 Å². The zero-order valence-electron chi connectivity index (χ0n) is 19.9. The topological polar surface area (TPSA) is 66.9 Å². The molecule has 2 aromatic carbocycles. The Morgan fingerprint density at radius 3 is 2.34 bits per heavy atom. The number of esters is 1. The summed E-state index contributed by atoms with van der Waals surface area (Å²) in [7, 11) is 0. The van der Waals surface area contributed by atoms with Gasteiger partial charge >= 0.3 is 5.97 Å². The van der Waals surface area contributed by atoms with E-state index in [2.05, 4.69) is 0 Å². The van der Waals surface area contributed by atoms with Crippen LogP contribution in [0.1, 0.15) is 60.5 Å². The van der Waals surface area contributed by atoms with E-state index >= 15 is 0 Å². The predicted octanol–water partition coefficient (Wildman–Crippen LogP) is 5.58. The van der Waals surface area contributed by atoms with Crippen molar-refractivity contribution in [3.05, 3.63) is 80.5 Å². The van der Waals surface area contributed by atoms with E-state index < -0.39 is 11.9 Å². The maximum atomic E-state index is 13.2. The average molecular weight is 515 g/mol. The van der Waals surface area contributed by atoms with Crippen molar-refractivity contribution in [2.24, 2.45) is 0 Å². The number of benzene rings is 2. The van der Waals surface area contributed by atoms with Crippen molar-refractivity contribution >= 4 is 41.0 Å². The van der Waals surface area contributed by atoms with Crippen LogP contribution >= 0.6 is 23.2 Å². The number of amides is 2. The van der Waals surface area contributed by atoms with E-state index in [0.29, 0.717) is 33.4 Å². The molecule has 0 spiro atoms. The minimum atomic E-state index is -0.479. The summed E-state index contributed by atoms with van der Waals surface area (Å²) in [5, 5.41) is 0.771. The third kappa shape index (κ3) is 5.39. The number of hydrogen-bond acceptors (Lipinski definition) is 4. The van der Waals surface area contributed by atoms with Gasteiger partial charge in [0.2, 0.25) is 5.91 Å². The van der Waals surface area contributed by atoms with Crippen LogP contribution in [0.2, 0.25) is 10.0 Å². The van der Waals surface area contributed by atoms with Gasteiger partial charge in [-0.05, 0) is 62.1 Å². The Labute approximate surface area is 215 Å². The highest BCUT2D eigenvalue weighted by atomic mass is 35.5. The molecule has 2 aliphatic rings. The second kappa shape index (κ2) is 10.8. The molecule has 0 N–H and O–H groups in total. The van der Waals surface area contributed by atoms with E-state index in [1.807, 2.05) is 17.0 Å². The van der Waals surface area contributed by atoms with Crippen molar-refractivity contribution in [1.29, 1.82) is 0 Å². The van der Waals surface area contributed by atoms with Gasteiger partial charge in [-0.3, -0.25) is 9.59 Å². The Bertz CT molecular complexity index is 1170. The van der Waals surface area contributed by atoms with Crippen LogP contribution < -0.4 is 0 Å². The number of carbonyl (C=O) groups is 3. The fourth-order valence-electron chi connectivity index (χ4n) is 4.73. The second-order valence-electron chi connectivity index (χ2n) is 8.83. The first-order valence-corrected chi connectivity index (χ1v) is 12.6. The van der Waals surface area contributed by atoms with E-state index in [-0.39, 0.29) is 24.8 Å². The van der Waals surface area contributed by atoms with Gasteiger partial charge < -0.3 is 14.5 Å². The number of carbonyl (C=O) groups excluding carboxylic acids is 3. The van der Waals surface area contributed by atoms with Crippen LogP contribution in [0.15, 0.2) is 53.7 Å². The van der Waals surface area contributed by atoms with Gasteiger partial charge in [0.25, 0.3) is 5.91 Å². The Kier molecular flexibility index (Phi) is 7.82. The SMILES string of the molecule is CCOC(=O)C1=C(C)N(Cc2ccc(C(=O)N3CCCC3)cc2)C(=O)C[C@@H]1c1ccc(Cl)c(Cl)c1. The summed E-state index contributed by atoms with van der Waals surface area (Å²) >= 11 is 12.3. The van der Waals surface area contributed by atoms with Crippen molar-refractivity contribution in [2.75, 3.05) is 19.7 Å². The molecule has 35 heavy (non-hydrogen) atoms. The van der Waals surface area contributed by atoms with Crippen LogP contribution in [0.5, 0.6) is 0 Å². The first kappa shape index (κ1) is 25.3. The van der Waals surface area contributed by atoms with Crippen LogP contribution in [-0.2, 0) is 20.9 Å². The molecule has 6 nitrogen and oxygen atoms in total.